The highest BCUT2D eigenvalue weighted by atomic mass is 19.1. The summed E-state index contributed by atoms with van der Waals surface area (Å²) in [5.74, 6) is 0.279. The van der Waals surface area contributed by atoms with Gasteiger partial charge in [-0.15, -0.1) is 0 Å². The van der Waals surface area contributed by atoms with Gasteiger partial charge in [0.2, 0.25) is 11.8 Å². The fourth-order valence-electron chi connectivity index (χ4n) is 5.09. The van der Waals surface area contributed by atoms with E-state index in [1.807, 2.05) is 24.3 Å². The fourth-order valence-corrected chi connectivity index (χ4v) is 5.09. The second-order valence-electron chi connectivity index (χ2n) is 9.05. The van der Waals surface area contributed by atoms with Gasteiger partial charge in [-0.25, -0.2) is 4.39 Å². The number of hydrogen-bond acceptors (Lipinski definition) is 4. The molecule has 2 saturated heterocycles. The molecule has 2 aromatic rings. The molecule has 2 aliphatic heterocycles. The van der Waals surface area contributed by atoms with Gasteiger partial charge >= 0.3 is 0 Å². The number of benzene rings is 2. The van der Waals surface area contributed by atoms with E-state index in [-0.39, 0.29) is 36.3 Å². The van der Waals surface area contributed by atoms with Crippen LogP contribution in [0.4, 0.5) is 10.1 Å². The lowest BCUT2D eigenvalue weighted by Crippen LogP contribution is -2.53. The van der Waals surface area contributed by atoms with Crippen molar-refractivity contribution in [3.63, 3.8) is 0 Å². The third-order valence-corrected chi connectivity index (χ3v) is 6.74. The number of aryl methyl sites for hydroxylation is 1. The zero-order valence-electron chi connectivity index (χ0n) is 18.8. The Hall–Kier alpha value is -2.93. The summed E-state index contributed by atoms with van der Waals surface area (Å²) >= 11 is 0. The summed E-state index contributed by atoms with van der Waals surface area (Å²) < 4.78 is 19.2. The molecule has 2 fully saturated rings. The third kappa shape index (κ3) is 4.48. The van der Waals surface area contributed by atoms with Crippen molar-refractivity contribution in [2.24, 2.45) is 0 Å². The summed E-state index contributed by atoms with van der Waals surface area (Å²) in [4.78, 5) is 27.5. The summed E-state index contributed by atoms with van der Waals surface area (Å²) in [6.07, 6.45) is 2.82. The summed E-state index contributed by atoms with van der Waals surface area (Å²) in [6.45, 7) is 3.92. The highest BCUT2D eigenvalue weighted by molar-refractivity contribution is 5.92. The first kappa shape index (κ1) is 22.3. The van der Waals surface area contributed by atoms with Crippen LogP contribution in [0.15, 0.2) is 42.5 Å². The Bertz CT molecular complexity index is 1010. The van der Waals surface area contributed by atoms with Crippen molar-refractivity contribution in [3.8, 4) is 5.75 Å². The normalized spacial score (nSPS) is 25.6. The minimum Gasteiger partial charge on any atom is -0.497 e. The number of likely N-dealkylation sites (tertiary alicyclic amines) is 1. The Balaban J connectivity index is 1.60. The smallest absolute Gasteiger partial charge is 0.238 e. The quantitative estimate of drug-likeness (QED) is 0.740. The van der Waals surface area contributed by atoms with Crippen molar-refractivity contribution in [3.05, 3.63) is 59.4 Å². The fraction of sp³-hybridized carbons (Fsp3) is 0.440. The number of amides is 2. The SMILES string of the molecule is COc1ccc([C@@H]2C[C@]3(C)NC(=O)CCC[C@@H]3N2CC(=O)Nc2ccc(C)c(F)c2)cc1. The summed E-state index contributed by atoms with van der Waals surface area (Å²) in [7, 11) is 1.63. The average molecular weight is 440 g/mol. The second kappa shape index (κ2) is 8.90. The number of hydrogen-bond donors (Lipinski definition) is 2. The van der Waals surface area contributed by atoms with E-state index >= 15 is 0 Å². The van der Waals surface area contributed by atoms with Crippen molar-refractivity contribution >= 4 is 17.5 Å². The molecule has 2 amide bonds. The van der Waals surface area contributed by atoms with Crippen molar-refractivity contribution in [1.82, 2.24) is 10.2 Å². The number of nitrogens with zero attached hydrogens (tertiary/aromatic N) is 1. The maximum atomic E-state index is 13.9. The molecule has 0 spiro atoms. The van der Waals surface area contributed by atoms with Crippen LogP contribution in [0.3, 0.4) is 0 Å². The zero-order valence-corrected chi connectivity index (χ0v) is 18.8. The Morgan fingerprint density at radius 3 is 2.72 bits per heavy atom. The molecule has 0 saturated carbocycles. The molecule has 170 valence electrons. The van der Waals surface area contributed by atoms with Gasteiger partial charge in [0.15, 0.2) is 0 Å². The molecular formula is C25H30FN3O3. The molecule has 2 N–H and O–H groups in total. The van der Waals surface area contributed by atoms with Crippen LogP contribution in [0, 0.1) is 12.7 Å². The predicted molar refractivity (Wildman–Crippen MR) is 121 cm³/mol. The molecule has 2 aliphatic rings. The molecule has 2 aromatic carbocycles. The van der Waals surface area contributed by atoms with Crippen molar-refractivity contribution in [2.45, 2.75) is 57.2 Å². The van der Waals surface area contributed by atoms with Gasteiger partial charge in [0.1, 0.15) is 11.6 Å². The van der Waals surface area contributed by atoms with Crippen LogP contribution in [-0.4, -0.2) is 41.9 Å². The topological polar surface area (TPSA) is 70.7 Å². The number of ether oxygens (including phenoxy) is 1. The Kier molecular flexibility index (Phi) is 6.20. The molecule has 0 aliphatic carbocycles. The van der Waals surface area contributed by atoms with E-state index in [1.54, 1.807) is 26.2 Å². The minimum atomic E-state index is -0.422. The number of rotatable bonds is 5. The van der Waals surface area contributed by atoms with E-state index < -0.39 is 5.54 Å². The first-order chi connectivity index (χ1) is 15.3. The number of nitrogens with one attached hydrogen (secondary N) is 2. The molecular weight excluding hydrogens is 409 g/mol. The monoisotopic (exact) mass is 439 g/mol. The largest absolute Gasteiger partial charge is 0.497 e. The van der Waals surface area contributed by atoms with Gasteiger partial charge in [-0.3, -0.25) is 14.5 Å². The lowest BCUT2D eigenvalue weighted by Gasteiger charge is -2.34. The second-order valence-corrected chi connectivity index (χ2v) is 9.05. The van der Waals surface area contributed by atoms with E-state index in [0.717, 1.165) is 24.2 Å². The van der Waals surface area contributed by atoms with E-state index in [0.29, 0.717) is 24.1 Å². The van der Waals surface area contributed by atoms with Crippen LogP contribution in [0.1, 0.15) is 49.8 Å². The maximum absolute atomic E-state index is 13.9. The Labute approximate surface area is 188 Å². The van der Waals surface area contributed by atoms with Crippen LogP contribution in [-0.2, 0) is 9.59 Å². The first-order valence-corrected chi connectivity index (χ1v) is 11.1. The Morgan fingerprint density at radius 2 is 2.03 bits per heavy atom. The molecule has 4 rings (SSSR count). The molecule has 0 unspecified atom stereocenters. The molecule has 0 bridgehead atoms. The third-order valence-electron chi connectivity index (χ3n) is 6.74. The van der Waals surface area contributed by atoms with Crippen molar-refractivity contribution < 1.29 is 18.7 Å². The van der Waals surface area contributed by atoms with Crippen molar-refractivity contribution in [2.75, 3.05) is 19.0 Å². The molecule has 32 heavy (non-hydrogen) atoms. The number of halogens is 1. The van der Waals surface area contributed by atoms with Gasteiger partial charge in [0, 0.05) is 24.2 Å². The molecule has 3 atom stereocenters. The predicted octanol–water partition coefficient (Wildman–Crippen LogP) is 3.96. The standard InChI is InChI=1S/C25H30FN3O3/c1-16-7-10-18(13-20(16)26)27-24(31)15-29-21(17-8-11-19(32-3)12-9-17)14-25(2)22(29)5-4-6-23(30)28-25/h7-13,21-22H,4-6,14-15H2,1-3H3,(H,27,31)(H,28,30)/t21-,22-,25-/m0/s1. The van der Waals surface area contributed by atoms with Crippen LogP contribution in [0.25, 0.3) is 0 Å². The van der Waals surface area contributed by atoms with Gasteiger partial charge in [0.05, 0.1) is 19.2 Å². The van der Waals surface area contributed by atoms with Crippen LogP contribution < -0.4 is 15.4 Å². The minimum absolute atomic E-state index is 0.0292. The maximum Gasteiger partial charge on any atom is 0.238 e. The first-order valence-electron chi connectivity index (χ1n) is 11.1. The summed E-state index contributed by atoms with van der Waals surface area (Å²) in [5.41, 5.74) is 1.62. The highest BCUT2D eigenvalue weighted by Gasteiger charge is 2.51. The van der Waals surface area contributed by atoms with Gasteiger partial charge in [-0.2, -0.15) is 0 Å². The summed E-state index contributed by atoms with van der Waals surface area (Å²) in [5, 5.41) is 6.05. The van der Waals surface area contributed by atoms with Gasteiger partial charge < -0.3 is 15.4 Å². The number of carbonyl (C=O) groups is 2. The van der Waals surface area contributed by atoms with Crippen LogP contribution in [0.2, 0.25) is 0 Å². The van der Waals surface area contributed by atoms with E-state index in [9.17, 15) is 14.0 Å². The molecule has 0 aromatic heterocycles. The lowest BCUT2D eigenvalue weighted by molar-refractivity contribution is -0.122. The van der Waals surface area contributed by atoms with Gasteiger partial charge in [0.25, 0.3) is 0 Å². The molecule has 0 radical (unpaired) electrons. The Morgan fingerprint density at radius 1 is 1.28 bits per heavy atom. The molecule has 2 heterocycles. The zero-order chi connectivity index (χ0) is 22.9. The number of carbonyl (C=O) groups excluding carboxylic acids is 2. The van der Waals surface area contributed by atoms with Crippen LogP contribution >= 0.6 is 0 Å². The highest BCUT2D eigenvalue weighted by Crippen LogP contribution is 2.45. The molecule has 7 heteroatoms. The summed E-state index contributed by atoms with van der Waals surface area (Å²) in [6, 6.07) is 12.6. The number of fused-ring (bicyclic) bond motifs is 1. The number of anilines is 1. The molecule has 6 nitrogen and oxygen atoms in total. The van der Waals surface area contributed by atoms with E-state index in [1.165, 1.54) is 6.07 Å². The van der Waals surface area contributed by atoms with Crippen LogP contribution in [0.5, 0.6) is 5.75 Å². The van der Waals surface area contributed by atoms with Gasteiger partial charge in [-0.1, -0.05) is 18.2 Å². The average Bonchev–Trinajstić information content (AvgIpc) is 2.92. The van der Waals surface area contributed by atoms with E-state index in [4.69, 9.17) is 4.74 Å². The van der Waals surface area contributed by atoms with Crippen molar-refractivity contribution in [1.29, 1.82) is 0 Å². The van der Waals surface area contributed by atoms with E-state index in [2.05, 4.69) is 22.5 Å². The lowest BCUT2D eigenvalue weighted by atomic mass is 9.88. The van der Waals surface area contributed by atoms with Gasteiger partial charge in [-0.05, 0) is 68.5 Å². The number of methoxy groups -OCH3 is 1.